The summed E-state index contributed by atoms with van der Waals surface area (Å²) in [6.07, 6.45) is 3.56. The van der Waals surface area contributed by atoms with E-state index >= 15 is 0 Å². The third-order valence-electron chi connectivity index (χ3n) is 4.87. The van der Waals surface area contributed by atoms with Crippen molar-refractivity contribution in [2.24, 2.45) is 5.92 Å². The van der Waals surface area contributed by atoms with Gasteiger partial charge in [0.05, 0.1) is 6.54 Å². The van der Waals surface area contributed by atoms with Crippen LogP contribution in [0.5, 0.6) is 0 Å². The summed E-state index contributed by atoms with van der Waals surface area (Å²) in [5.74, 6) is 0.661. The number of carbonyl (C=O) groups is 1. The molecular weight excluding hydrogens is 341 g/mol. The second-order valence-corrected chi connectivity index (χ2v) is 6.65. The largest absolute Gasteiger partial charge is 0.338 e. The lowest BCUT2D eigenvalue weighted by atomic mass is 9.93. The normalized spacial score (nSPS) is 15.6. The number of nitrogens with one attached hydrogen (secondary N) is 1. The zero-order chi connectivity index (χ0) is 17.4. The van der Waals surface area contributed by atoms with Crippen molar-refractivity contribution in [2.75, 3.05) is 39.8 Å². The molecule has 1 saturated heterocycles. The number of likely N-dealkylation sites (N-methyl/N-ethyl adjacent to an activating group) is 1. The fourth-order valence-corrected chi connectivity index (χ4v) is 3.31. The highest BCUT2D eigenvalue weighted by Gasteiger charge is 2.22. The van der Waals surface area contributed by atoms with Crippen LogP contribution in [0.2, 0.25) is 0 Å². The molecule has 0 bridgehead atoms. The third-order valence-corrected chi connectivity index (χ3v) is 4.87. The smallest absolute Gasteiger partial charge is 0.237 e. The highest BCUT2D eigenvalue weighted by Crippen LogP contribution is 2.20. The molecule has 1 heterocycles. The molecule has 1 aliphatic heterocycles. The first-order valence-electron chi connectivity index (χ1n) is 9.01. The topological polar surface area (TPSA) is 35.6 Å². The summed E-state index contributed by atoms with van der Waals surface area (Å²) >= 11 is 0. The highest BCUT2D eigenvalue weighted by molar-refractivity contribution is 5.85. The predicted octanol–water partition coefficient (Wildman–Crippen LogP) is 2.92. The van der Waals surface area contributed by atoms with Gasteiger partial charge in [-0.2, -0.15) is 0 Å². The lowest BCUT2D eigenvalue weighted by molar-refractivity contribution is -0.133. The summed E-state index contributed by atoms with van der Waals surface area (Å²) in [5, 5.41) is 3.21. The minimum atomic E-state index is -0.250. The Kier molecular flexibility index (Phi) is 10.0. The van der Waals surface area contributed by atoms with Gasteiger partial charge in [0.2, 0.25) is 5.91 Å². The van der Waals surface area contributed by atoms with Crippen LogP contribution in [0, 0.1) is 11.7 Å². The van der Waals surface area contributed by atoms with Crippen LogP contribution < -0.4 is 5.32 Å². The van der Waals surface area contributed by atoms with Gasteiger partial charge in [0.25, 0.3) is 0 Å². The van der Waals surface area contributed by atoms with Crippen LogP contribution in [-0.2, 0) is 11.3 Å². The third kappa shape index (κ3) is 7.30. The van der Waals surface area contributed by atoms with E-state index in [1.807, 2.05) is 24.9 Å². The molecule has 142 valence electrons. The number of carbonyl (C=O) groups excluding carboxylic acids is 1. The molecule has 1 aromatic rings. The van der Waals surface area contributed by atoms with Crippen molar-refractivity contribution in [1.82, 2.24) is 15.1 Å². The summed E-state index contributed by atoms with van der Waals surface area (Å²) in [5.41, 5.74) is 0.843. The van der Waals surface area contributed by atoms with E-state index in [0.29, 0.717) is 19.6 Å². The number of nitrogens with zero attached hydrogens (tertiary/aromatic N) is 2. The lowest BCUT2D eigenvalue weighted by Crippen LogP contribution is -2.43. The highest BCUT2D eigenvalue weighted by atomic mass is 35.5. The first kappa shape index (κ1) is 21.9. The van der Waals surface area contributed by atoms with E-state index in [1.54, 1.807) is 6.07 Å². The van der Waals surface area contributed by atoms with E-state index in [9.17, 15) is 9.18 Å². The van der Waals surface area contributed by atoms with E-state index in [0.717, 1.165) is 31.1 Å². The van der Waals surface area contributed by atoms with E-state index in [2.05, 4.69) is 10.2 Å². The molecule has 0 atom stereocenters. The minimum Gasteiger partial charge on any atom is -0.338 e. The quantitative estimate of drug-likeness (QED) is 0.763. The van der Waals surface area contributed by atoms with Gasteiger partial charge >= 0.3 is 0 Å². The number of hydrogen-bond donors (Lipinski definition) is 1. The van der Waals surface area contributed by atoms with Gasteiger partial charge in [-0.25, -0.2) is 4.39 Å². The Bertz CT molecular complexity index is 521. The summed E-state index contributed by atoms with van der Waals surface area (Å²) in [6.45, 7) is 6.64. The van der Waals surface area contributed by atoms with Gasteiger partial charge in [0, 0.05) is 13.1 Å². The van der Waals surface area contributed by atoms with Gasteiger partial charge in [0.15, 0.2) is 0 Å². The maximum Gasteiger partial charge on any atom is 0.237 e. The Balaban J connectivity index is 0.00000312. The molecule has 0 aliphatic carbocycles. The summed E-state index contributed by atoms with van der Waals surface area (Å²) in [7, 11) is 1.99. The van der Waals surface area contributed by atoms with Crippen molar-refractivity contribution in [3.05, 3.63) is 35.6 Å². The van der Waals surface area contributed by atoms with Gasteiger partial charge in [0.1, 0.15) is 5.82 Å². The summed E-state index contributed by atoms with van der Waals surface area (Å²) < 4.78 is 13.3. The number of hydrogen-bond acceptors (Lipinski definition) is 3. The molecule has 0 spiro atoms. The zero-order valence-electron chi connectivity index (χ0n) is 15.3. The molecule has 1 N–H and O–H groups in total. The average molecular weight is 372 g/mol. The van der Waals surface area contributed by atoms with Crippen LogP contribution in [0.1, 0.15) is 31.7 Å². The maximum atomic E-state index is 13.3. The predicted molar refractivity (Wildman–Crippen MR) is 102 cm³/mol. The first-order chi connectivity index (χ1) is 11.6. The van der Waals surface area contributed by atoms with Gasteiger partial charge in [-0.05, 0) is 76.5 Å². The number of likely N-dealkylation sites (tertiary alicyclic amines) is 1. The molecular formula is C19H31ClFN3O. The van der Waals surface area contributed by atoms with Crippen LogP contribution in [-0.4, -0.2) is 55.5 Å². The van der Waals surface area contributed by atoms with Crippen molar-refractivity contribution >= 4 is 18.3 Å². The van der Waals surface area contributed by atoms with Crippen molar-refractivity contribution in [2.45, 2.75) is 32.7 Å². The molecule has 2 rings (SSSR count). The van der Waals surface area contributed by atoms with Crippen molar-refractivity contribution < 1.29 is 9.18 Å². The molecule has 1 aromatic carbocycles. The number of amides is 1. The van der Waals surface area contributed by atoms with Gasteiger partial charge in [-0.15, -0.1) is 12.4 Å². The first-order valence-corrected chi connectivity index (χ1v) is 9.01. The standard InChI is InChI=1S/C19H30FN3O.ClH/c1-3-23(14-17-5-4-6-18(20)13-17)19(24)15-22-11-8-16(9-12-22)7-10-21-2;/h4-6,13,16,21H,3,7-12,14-15H2,1-2H3;1H. The Morgan fingerprint density at radius 2 is 2.08 bits per heavy atom. The molecule has 0 radical (unpaired) electrons. The lowest BCUT2D eigenvalue weighted by Gasteiger charge is -2.33. The van der Waals surface area contributed by atoms with Gasteiger partial charge < -0.3 is 10.2 Å². The second-order valence-electron chi connectivity index (χ2n) is 6.65. The fraction of sp³-hybridized carbons (Fsp3) is 0.632. The summed E-state index contributed by atoms with van der Waals surface area (Å²) in [4.78, 5) is 16.6. The molecule has 1 aliphatic rings. The SMILES string of the molecule is CCN(Cc1cccc(F)c1)C(=O)CN1CCC(CCNC)CC1.Cl. The Morgan fingerprint density at radius 3 is 2.68 bits per heavy atom. The van der Waals surface area contributed by atoms with Crippen molar-refractivity contribution in [3.8, 4) is 0 Å². The van der Waals surface area contributed by atoms with Crippen molar-refractivity contribution in [1.29, 1.82) is 0 Å². The van der Waals surface area contributed by atoms with E-state index in [4.69, 9.17) is 0 Å². The minimum absolute atomic E-state index is 0. The number of benzene rings is 1. The number of halogens is 2. The number of rotatable bonds is 8. The van der Waals surface area contributed by atoms with Crippen LogP contribution in [0.25, 0.3) is 0 Å². The van der Waals surface area contributed by atoms with E-state index < -0.39 is 0 Å². The van der Waals surface area contributed by atoms with Crippen LogP contribution >= 0.6 is 12.4 Å². The van der Waals surface area contributed by atoms with E-state index in [1.165, 1.54) is 31.4 Å². The Labute approximate surface area is 157 Å². The molecule has 1 amide bonds. The van der Waals surface area contributed by atoms with Crippen molar-refractivity contribution in [3.63, 3.8) is 0 Å². The molecule has 0 aromatic heterocycles. The fourth-order valence-electron chi connectivity index (χ4n) is 3.31. The van der Waals surface area contributed by atoms with Crippen LogP contribution in [0.3, 0.4) is 0 Å². The average Bonchev–Trinajstić information content (AvgIpc) is 2.59. The van der Waals surface area contributed by atoms with E-state index in [-0.39, 0.29) is 24.1 Å². The monoisotopic (exact) mass is 371 g/mol. The summed E-state index contributed by atoms with van der Waals surface area (Å²) in [6, 6.07) is 6.49. The maximum absolute atomic E-state index is 13.3. The van der Waals surface area contributed by atoms with Crippen LogP contribution in [0.4, 0.5) is 4.39 Å². The van der Waals surface area contributed by atoms with Gasteiger partial charge in [-0.1, -0.05) is 12.1 Å². The molecule has 6 heteroatoms. The second kappa shape index (κ2) is 11.4. The molecule has 0 unspecified atom stereocenters. The van der Waals surface area contributed by atoms with Gasteiger partial charge in [-0.3, -0.25) is 9.69 Å². The Hall–Kier alpha value is -1.17. The molecule has 25 heavy (non-hydrogen) atoms. The molecule has 1 fully saturated rings. The molecule has 4 nitrogen and oxygen atoms in total. The Morgan fingerprint density at radius 1 is 1.36 bits per heavy atom. The molecule has 0 saturated carbocycles. The van der Waals surface area contributed by atoms with Crippen LogP contribution in [0.15, 0.2) is 24.3 Å². The number of piperidine rings is 1. The zero-order valence-corrected chi connectivity index (χ0v) is 16.2.